The zero-order valence-corrected chi connectivity index (χ0v) is 27.1. The van der Waals surface area contributed by atoms with E-state index in [0.29, 0.717) is 10.3 Å². The summed E-state index contributed by atoms with van der Waals surface area (Å²) in [7, 11) is 2.47. The first-order valence-electron chi connectivity index (χ1n) is 11.7. The minimum Gasteiger partial charge on any atom is -0.469 e. The van der Waals surface area contributed by atoms with Crippen LogP contribution in [0.25, 0.3) is 0 Å². The van der Waals surface area contributed by atoms with Crippen LogP contribution in [0.5, 0.6) is 0 Å². The topological polar surface area (TPSA) is 55.8 Å². The molecule has 0 aliphatic heterocycles. The van der Waals surface area contributed by atoms with Gasteiger partial charge in [-0.3, -0.25) is 4.79 Å². The van der Waals surface area contributed by atoms with Crippen LogP contribution in [0, 0.1) is 76.4 Å². The molecule has 2 saturated carbocycles. The third kappa shape index (κ3) is 21.7. The van der Waals surface area contributed by atoms with Crippen LogP contribution in [-0.4, -0.2) is 41.9 Å². The van der Waals surface area contributed by atoms with Crippen LogP contribution in [0.4, 0.5) is 0 Å². The van der Waals surface area contributed by atoms with Gasteiger partial charge >= 0.3 is 23.0 Å². The number of carbonyl (C=O) groups excluding carboxylic acids is 1. The van der Waals surface area contributed by atoms with Gasteiger partial charge in [0, 0.05) is 33.2 Å². The van der Waals surface area contributed by atoms with Crippen LogP contribution in [-0.2, 0) is 51.8 Å². The van der Waals surface area contributed by atoms with E-state index >= 15 is 0 Å². The van der Waals surface area contributed by atoms with Crippen LogP contribution in [0.3, 0.4) is 0 Å². The maximum Gasteiger partial charge on any atom is 2.00 e. The molecule has 0 saturated heterocycles. The van der Waals surface area contributed by atoms with Crippen molar-refractivity contribution in [2.45, 2.75) is 71.5 Å². The Bertz CT molecular complexity index is 630. The van der Waals surface area contributed by atoms with Gasteiger partial charge in [0.2, 0.25) is 0 Å². The molecule has 2 aliphatic carbocycles. The summed E-state index contributed by atoms with van der Waals surface area (Å²) in [5.41, 5.74) is 2.74. The largest absolute Gasteiger partial charge is 2.00 e. The zero-order chi connectivity index (χ0) is 26.9. The third-order valence-corrected chi connectivity index (χ3v) is 8.00. The van der Waals surface area contributed by atoms with Gasteiger partial charge < -0.3 is 14.6 Å². The molecule has 0 bridgehead atoms. The average molecular weight is 662 g/mol. The molecule has 1 atom stereocenters. The number of aliphatic hydroxyl groups excluding tert-OH is 1. The number of rotatable bonds is 4. The summed E-state index contributed by atoms with van der Waals surface area (Å²) in [6.45, 7) is 16.2. The maximum atomic E-state index is 10.3. The van der Waals surface area contributed by atoms with E-state index in [9.17, 15) is 4.79 Å². The summed E-state index contributed by atoms with van der Waals surface area (Å²) in [5.74, 6) is -0.482. The van der Waals surface area contributed by atoms with Crippen LogP contribution in [0.15, 0.2) is 24.3 Å². The molecule has 1 aromatic rings. The molecule has 0 amide bonds. The Morgan fingerprint density at radius 1 is 0.919 bits per heavy atom. The minimum absolute atomic E-state index is 0. The van der Waals surface area contributed by atoms with Crippen molar-refractivity contribution < 1.29 is 56.9 Å². The Morgan fingerprint density at radius 3 is 1.65 bits per heavy atom. The zero-order valence-electron chi connectivity index (χ0n) is 23.6. The van der Waals surface area contributed by atoms with Gasteiger partial charge in [-0.2, -0.15) is 35.9 Å². The Hall–Kier alpha value is 0.222. The molecule has 0 spiro atoms. The molecule has 0 aromatic heterocycles. The van der Waals surface area contributed by atoms with Crippen LogP contribution < -0.4 is 0 Å². The van der Waals surface area contributed by atoms with Gasteiger partial charge in [0.25, 0.3) is 0 Å². The average Bonchev–Trinajstić information content (AvgIpc) is 3.50. The first kappa shape index (κ1) is 41.7. The van der Waals surface area contributed by atoms with E-state index in [0.717, 1.165) is 0 Å². The van der Waals surface area contributed by atoms with Gasteiger partial charge in [-0.05, 0) is 68.1 Å². The summed E-state index contributed by atoms with van der Waals surface area (Å²) in [4.78, 5) is 10.3. The standard InChI is InChI=1S/C13H22P.C7H7.C5H10O4.C5H5.Fe.Pd/c1-12(2,3)14(13(4,5)6)11-9-7-8-10-11;1-7-5-3-2-4-6-7;1-8-4(6)3-5(7)9-2;1-2-4-5-3-1;;/h7-10H,1-6H3;2-5H,1H3;4,6H,3H2,1-2H3;1-5H;;/q;-1;;;+2;. The summed E-state index contributed by atoms with van der Waals surface area (Å²) >= 11 is 0. The minimum atomic E-state index is -1.04. The van der Waals surface area contributed by atoms with Crippen molar-refractivity contribution in [3.63, 3.8) is 0 Å². The molecule has 210 valence electrons. The fourth-order valence-electron chi connectivity index (χ4n) is 3.41. The van der Waals surface area contributed by atoms with Crippen LogP contribution >= 0.6 is 7.92 Å². The second-order valence-corrected chi connectivity index (χ2v) is 13.7. The molecule has 10 radical (unpaired) electrons. The van der Waals surface area contributed by atoms with Crippen molar-refractivity contribution in [2.24, 2.45) is 0 Å². The summed E-state index contributed by atoms with van der Waals surface area (Å²) in [6, 6.07) is 10.9. The molecule has 2 aliphatic rings. The SMILES string of the molecule is CC(C)(C)P([C]1[CH][CH][CH][CH]1)C(C)(C)C.COC(=O)CC(O)OC.Cc1[c-]cccc1.[CH]1[CH][CH][CH][CH]1.[Fe+2].[Pd]. The predicted octanol–water partition coefficient (Wildman–Crippen LogP) is 6.75. The quantitative estimate of drug-likeness (QED) is 0.128. The molecule has 2 fully saturated rings. The number of benzene rings is 1. The monoisotopic (exact) mass is 661 g/mol. The van der Waals surface area contributed by atoms with Crippen molar-refractivity contribution in [1.29, 1.82) is 0 Å². The summed E-state index contributed by atoms with van der Waals surface area (Å²) in [5, 5.41) is 9.42. The molecule has 1 N–H and O–H groups in total. The first-order chi connectivity index (χ1) is 16.3. The van der Waals surface area contributed by atoms with Crippen molar-refractivity contribution in [2.75, 3.05) is 14.2 Å². The number of methoxy groups -OCH3 is 2. The van der Waals surface area contributed by atoms with Crippen molar-refractivity contribution >= 4 is 13.9 Å². The number of hydrogen-bond donors (Lipinski definition) is 1. The van der Waals surface area contributed by atoms with Crippen molar-refractivity contribution in [3.05, 3.63) is 99.3 Å². The van der Waals surface area contributed by atoms with Crippen molar-refractivity contribution in [3.8, 4) is 0 Å². The number of esters is 1. The Labute approximate surface area is 254 Å². The van der Waals surface area contributed by atoms with Gasteiger partial charge in [-0.15, -0.1) is 0 Å². The second kappa shape index (κ2) is 23.0. The van der Waals surface area contributed by atoms with Gasteiger partial charge in [-0.25, -0.2) is 0 Å². The molecular weight excluding hydrogens is 618 g/mol. The van der Waals surface area contributed by atoms with E-state index in [1.807, 2.05) is 63.3 Å². The van der Waals surface area contributed by atoms with Crippen molar-refractivity contribution in [1.82, 2.24) is 0 Å². The molecule has 0 heterocycles. The smallest absolute Gasteiger partial charge is 0.469 e. The van der Waals surface area contributed by atoms with Gasteiger partial charge in [-0.1, -0.05) is 56.4 Å². The Kier molecular flexibility index (Phi) is 25.9. The maximum absolute atomic E-state index is 10.3. The molecule has 1 unspecified atom stereocenters. The number of hydrogen-bond acceptors (Lipinski definition) is 4. The number of aryl methyl sites for hydroxylation is 1. The van der Waals surface area contributed by atoms with E-state index in [2.05, 4.69) is 82.8 Å². The number of aliphatic hydroxyl groups is 1. The molecule has 37 heavy (non-hydrogen) atoms. The molecule has 4 nitrogen and oxygen atoms in total. The third-order valence-electron chi connectivity index (χ3n) is 4.51. The van der Waals surface area contributed by atoms with E-state index in [1.54, 1.807) is 5.66 Å². The second-order valence-electron chi connectivity index (χ2n) is 9.80. The van der Waals surface area contributed by atoms with Gasteiger partial charge in [0.15, 0.2) is 6.29 Å². The molecule has 7 heteroatoms. The van der Waals surface area contributed by atoms with E-state index < -0.39 is 12.3 Å². The van der Waals surface area contributed by atoms with E-state index in [4.69, 9.17) is 5.11 Å². The van der Waals surface area contributed by atoms with Crippen LogP contribution in [0.1, 0.15) is 53.5 Å². The molecule has 1 aromatic carbocycles. The Morgan fingerprint density at radius 2 is 1.38 bits per heavy atom. The van der Waals surface area contributed by atoms with E-state index in [1.165, 1.54) is 19.8 Å². The predicted molar refractivity (Wildman–Crippen MR) is 148 cm³/mol. The first-order valence-corrected chi connectivity index (χ1v) is 13.1. The van der Waals surface area contributed by atoms with Gasteiger partial charge in [0.1, 0.15) is 0 Å². The fraction of sp³-hybridized carbons (Fsp3) is 0.433. The molecular formula is C30H44FeO4PPd+. The normalized spacial score (nSPS) is 15.9. The number of carbonyl (C=O) groups is 1. The molecule has 3 rings (SSSR count). The summed E-state index contributed by atoms with van der Waals surface area (Å²) in [6.07, 6.45) is 17.7. The Balaban J connectivity index is -0.000000437. The van der Waals surface area contributed by atoms with Gasteiger partial charge in [0.05, 0.1) is 13.5 Å². The van der Waals surface area contributed by atoms with E-state index in [-0.39, 0.29) is 51.8 Å². The number of ether oxygens (including phenoxy) is 2. The fourth-order valence-corrected chi connectivity index (χ4v) is 7.44. The summed E-state index contributed by atoms with van der Waals surface area (Å²) < 4.78 is 8.62. The van der Waals surface area contributed by atoms with Crippen LogP contribution in [0.2, 0.25) is 0 Å².